The summed E-state index contributed by atoms with van der Waals surface area (Å²) in [5, 5.41) is 4.02. The van der Waals surface area contributed by atoms with Crippen molar-refractivity contribution in [3.63, 3.8) is 0 Å². The van der Waals surface area contributed by atoms with Crippen LogP contribution in [0.3, 0.4) is 0 Å². The molecule has 2 heterocycles. The molecule has 1 amide bonds. The number of rotatable bonds is 8. The molecule has 0 aliphatic carbocycles. The van der Waals surface area contributed by atoms with Gasteiger partial charge in [0.25, 0.3) is 0 Å². The number of carbonyl (C=O) groups is 1. The molecule has 2 N–H and O–H groups in total. The second-order valence-corrected chi connectivity index (χ2v) is 8.12. The van der Waals surface area contributed by atoms with Gasteiger partial charge in [-0.2, -0.15) is 0 Å². The summed E-state index contributed by atoms with van der Waals surface area (Å²) < 4.78 is 21.9. The van der Waals surface area contributed by atoms with Crippen molar-refractivity contribution in [3.8, 4) is 23.0 Å². The molecule has 0 radical (unpaired) electrons. The van der Waals surface area contributed by atoms with Crippen molar-refractivity contribution in [2.24, 2.45) is 0 Å². The molecular weight excluding hydrogens is 432 g/mol. The van der Waals surface area contributed by atoms with E-state index in [2.05, 4.69) is 10.3 Å². The van der Waals surface area contributed by atoms with E-state index in [0.29, 0.717) is 18.0 Å². The minimum Gasteiger partial charge on any atom is -0.497 e. The fourth-order valence-corrected chi connectivity index (χ4v) is 4.36. The van der Waals surface area contributed by atoms with E-state index >= 15 is 0 Å². The molecule has 0 spiro atoms. The predicted molar refractivity (Wildman–Crippen MR) is 129 cm³/mol. The van der Waals surface area contributed by atoms with Crippen molar-refractivity contribution in [3.05, 3.63) is 83.6 Å². The van der Waals surface area contributed by atoms with E-state index in [-0.39, 0.29) is 25.0 Å². The first kappa shape index (κ1) is 21.7. The summed E-state index contributed by atoms with van der Waals surface area (Å²) >= 11 is 0. The SMILES string of the molecule is COc1ccc(CNC(=O)C[C@H](c2ccc3c(c2)OCO3)c2c[nH]c3cccc(OC)c23)cc1. The normalized spacial score (nSPS) is 13.0. The molecule has 7 nitrogen and oxygen atoms in total. The Kier molecular flexibility index (Phi) is 5.99. The van der Waals surface area contributed by atoms with Crippen molar-refractivity contribution in [1.29, 1.82) is 0 Å². The minimum atomic E-state index is -0.213. The van der Waals surface area contributed by atoms with Gasteiger partial charge in [-0.15, -0.1) is 0 Å². The zero-order chi connectivity index (χ0) is 23.5. The summed E-state index contributed by atoms with van der Waals surface area (Å²) in [6, 6.07) is 19.4. The Morgan fingerprint density at radius 1 is 1.03 bits per heavy atom. The molecule has 0 saturated heterocycles. The highest BCUT2D eigenvalue weighted by atomic mass is 16.7. The molecule has 34 heavy (non-hydrogen) atoms. The Bertz CT molecular complexity index is 1310. The van der Waals surface area contributed by atoms with Crippen LogP contribution in [0.1, 0.15) is 29.0 Å². The zero-order valence-corrected chi connectivity index (χ0v) is 19.1. The van der Waals surface area contributed by atoms with E-state index in [4.69, 9.17) is 18.9 Å². The first-order valence-electron chi connectivity index (χ1n) is 11.1. The van der Waals surface area contributed by atoms with E-state index in [1.165, 1.54) is 0 Å². The summed E-state index contributed by atoms with van der Waals surface area (Å²) in [4.78, 5) is 16.4. The lowest BCUT2D eigenvalue weighted by Crippen LogP contribution is -2.25. The number of aromatic nitrogens is 1. The van der Waals surface area contributed by atoms with Crippen LogP contribution in [0.5, 0.6) is 23.0 Å². The number of hydrogen-bond donors (Lipinski definition) is 2. The maximum Gasteiger partial charge on any atom is 0.231 e. The summed E-state index contributed by atoms with van der Waals surface area (Å²) in [5.74, 6) is 2.68. The van der Waals surface area contributed by atoms with Crippen LogP contribution in [0.4, 0.5) is 0 Å². The number of H-pyrrole nitrogens is 1. The first-order valence-corrected chi connectivity index (χ1v) is 11.1. The number of fused-ring (bicyclic) bond motifs is 2. The highest BCUT2D eigenvalue weighted by molar-refractivity contribution is 5.91. The number of aromatic amines is 1. The summed E-state index contributed by atoms with van der Waals surface area (Å²) in [5.41, 5.74) is 3.92. The van der Waals surface area contributed by atoms with Crippen LogP contribution in [0.25, 0.3) is 10.9 Å². The Morgan fingerprint density at radius 2 is 1.85 bits per heavy atom. The number of amides is 1. The second-order valence-electron chi connectivity index (χ2n) is 8.12. The van der Waals surface area contributed by atoms with Crippen molar-refractivity contribution >= 4 is 16.8 Å². The van der Waals surface area contributed by atoms with E-state index < -0.39 is 0 Å². The molecule has 0 bridgehead atoms. The monoisotopic (exact) mass is 458 g/mol. The number of carbonyl (C=O) groups excluding carboxylic acids is 1. The maximum absolute atomic E-state index is 13.1. The Labute approximate surface area is 197 Å². The summed E-state index contributed by atoms with van der Waals surface area (Å²) in [7, 11) is 3.29. The molecule has 1 aliphatic heterocycles. The lowest BCUT2D eigenvalue weighted by molar-refractivity contribution is -0.121. The zero-order valence-electron chi connectivity index (χ0n) is 19.1. The van der Waals surface area contributed by atoms with E-state index in [9.17, 15) is 4.79 Å². The topological polar surface area (TPSA) is 81.8 Å². The highest BCUT2D eigenvalue weighted by Crippen LogP contribution is 2.41. The number of benzene rings is 3. The van der Waals surface area contributed by atoms with Gasteiger partial charge < -0.3 is 29.2 Å². The van der Waals surface area contributed by atoms with Gasteiger partial charge in [0.05, 0.1) is 14.2 Å². The fraction of sp³-hybridized carbons (Fsp3) is 0.222. The number of methoxy groups -OCH3 is 2. The summed E-state index contributed by atoms with van der Waals surface area (Å²) in [6.07, 6.45) is 2.22. The second kappa shape index (κ2) is 9.39. The summed E-state index contributed by atoms with van der Waals surface area (Å²) in [6.45, 7) is 0.639. The quantitative estimate of drug-likeness (QED) is 0.398. The third-order valence-electron chi connectivity index (χ3n) is 6.13. The van der Waals surface area contributed by atoms with Crippen LogP contribution in [0.15, 0.2) is 66.9 Å². The standard InChI is InChI=1S/C27H26N2O5/c1-31-19-9-6-17(7-10-19)14-29-26(30)13-20(18-8-11-23-25(12-18)34-16-33-23)21-15-28-22-4-3-5-24(32-2)27(21)22/h3-12,15,20,28H,13-14,16H2,1-2H3,(H,29,30)/t20-/m1/s1. The molecule has 5 rings (SSSR count). The van der Waals surface area contributed by atoms with Gasteiger partial charge in [-0.3, -0.25) is 4.79 Å². The number of hydrogen-bond acceptors (Lipinski definition) is 5. The Hall–Kier alpha value is -4.13. The molecular formula is C27H26N2O5. The molecule has 4 aromatic rings. The van der Waals surface area contributed by atoms with Gasteiger partial charge in [0.1, 0.15) is 11.5 Å². The smallest absolute Gasteiger partial charge is 0.231 e. The predicted octanol–water partition coefficient (Wildman–Crippen LogP) is 4.75. The molecule has 7 heteroatoms. The van der Waals surface area contributed by atoms with E-state index in [0.717, 1.165) is 39.1 Å². The van der Waals surface area contributed by atoms with Crippen LogP contribution in [-0.4, -0.2) is 31.9 Å². The molecule has 1 aromatic heterocycles. The average Bonchev–Trinajstić information content (AvgIpc) is 3.53. The van der Waals surface area contributed by atoms with Gasteiger partial charge in [-0.1, -0.05) is 24.3 Å². The lowest BCUT2D eigenvalue weighted by Gasteiger charge is -2.18. The van der Waals surface area contributed by atoms with E-state index in [1.54, 1.807) is 14.2 Å². The van der Waals surface area contributed by atoms with Gasteiger partial charge in [-0.05, 0) is 53.1 Å². The van der Waals surface area contributed by atoms with Crippen molar-refractivity contribution in [2.45, 2.75) is 18.9 Å². The average molecular weight is 459 g/mol. The lowest BCUT2D eigenvalue weighted by atomic mass is 9.87. The van der Waals surface area contributed by atoms with E-state index in [1.807, 2.05) is 66.9 Å². The fourth-order valence-electron chi connectivity index (χ4n) is 4.36. The third-order valence-corrected chi connectivity index (χ3v) is 6.13. The maximum atomic E-state index is 13.1. The molecule has 3 aromatic carbocycles. The molecule has 0 saturated carbocycles. The van der Waals surface area contributed by atoms with Crippen LogP contribution in [-0.2, 0) is 11.3 Å². The van der Waals surface area contributed by atoms with Crippen LogP contribution in [0, 0.1) is 0 Å². The van der Waals surface area contributed by atoms with Gasteiger partial charge >= 0.3 is 0 Å². The van der Waals surface area contributed by atoms with Gasteiger partial charge in [0.2, 0.25) is 12.7 Å². The van der Waals surface area contributed by atoms with Gasteiger partial charge in [-0.25, -0.2) is 0 Å². The van der Waals surface area contributed by atoms with Crippen LogP contribution < -0.4 is 24.3 Å². The Balaban J connectivity index is 1.44. The molecule has 174 valence electrons. The third kappa shape index (κ3) is 4.24. The molecule has 1 aliphatic rings. The number of ether oxygens (including phenoxy) is 4. The Morgan fingerprint density at radius 3 is 2.65 bits per heavy atom. The number of nitrogens with one attached hydrogen (secondary N) is 2. The molecule has 1 atom stereocenters. The van der Waals surface area contributed by atoms with Crippen LogP contribution >= 0.6 is 0 Å². The van der Waals surface area contributed by atoms with Gasteiger partial charge in [0.15, 0.2) is 11.5 Å². The van der Waals surface area contributed by atoms with Crippen molar-refractivity contribution in [1.82, 2.24) is 10.3 Å². The first-order chi connectivity index (χ1) is 16.7. The van der Waals surface area contributed by atoms with Crippen molar-refractivity contribution in [2.75, 3.05) is 21.0 Å². The molecule has 0 fully saturated rings. The largest absolute Gasteiger partial charge is 0.497 e. The molecule has 0 unspecified atom stereocenters. The minimum absolute atomic E-state index is 0.0530. The van der Waals surface area contributed by atoms with Crippen molar-refractivity contribution < 1.29 is 23.7 Å². The van der Waals surface area contributed by atoms with Crippen LogP contribution in [0.2, 0.25) is 0 Å². The highest BCUT2D eigenvalue weighted by Gasteiger charge is 2.25. The van der Waals surface area contributed by atoms with Gasteiger partial charge in [0, 0.05) is 36.0 Å².